The second-order valence-electron chi connectivity index (χ2n) is 2.21. The molecule has 70 valence electrons. The molecule has 0 aliphatic rings. The normalized spacial score (nSPS) is 9.77. The molecule has 0 saturated heterocycles. The second-order valence-corrected chi connectivity index (χ2v) is 3.82. The Hall–Kier alpha value is -0.450. The molecule has 3 nitrogen and oxygen atoms in total. The minimum absolute atomic E-state index is 0.259. The molecule has 0 unspecified atom stereocenters. The highest BCUT2D eigenvalue weighted by Crippen LogP contribution is 2.35. The van der Waals surface area contributed by atoms with Crippen molar-refractivity contribution in [1.82, 2.24) is 0 Å². The highest BCUT2D eigenvalue weighted by atomic mass is 79.9. The van der Waals surface area contributed by atoms with Gasteiger partial charge in [0.15, 0.2) is 0 Å². The van der Waals surface area contributed by atoms with Crippen LogP contribution in [-0.4, -0.2) is 6.03 Å². The zero-order valence-corrected chi connectivity index (χ0v) is 9.37. The van der Waals surface area contributed by atoms with E-state index in [1.807, 2.05) is 0 Å². The third-order valence-corrected chi connectivity index (χ3v) is 3.06. The maximum Gasteiger partial charge on any atom is 0.316 e. The molecule has 0 spiro atoms. The summed E-state index contributed by atoms with van der Waals surface area (Å²) in [6.07, 6.45) is 0. The van der Waals surface area contributed by atoms with Crippen LogP contribution in [0, 0.1) is 0 Å². The SMILES string of the molecule is NC(=O)Nc1ccc(Br)c(Cl)c1Cl. The number of halogens is 3. The van der Waals surface area contributed by atoms with Crippen LogP contribution in [0.1, 0.15) is 0 Å². The Labute approximate surface area is 93.3 Å². The van der Waals surface area contributed by atoms with Crippen LogP contribution in [-0.2, 0) is 0 Å². The van der Waals surface area contributed by atoms with Crippen molar-refractivity contribution in [3.63, 3.8) is 0 Å². The molecule has 0 atom stereocenters. The van der Waals surface area contributed by atoms with Gasteiger partial charge < -0.3 is 11.1 Å². The van der Waals surface area contributed by atoms with E-state index in [4.69, 9.17) is 28.9 Å². The van der Waals surface area contributed by atoms with E-state index in [2.05, 4.69) is 21.2 Å². The van der Waals surface area contributed by atoms with Crippen molar-refractivity contribution in [2.75, 3.05) is 5.32 Å². The average Bonchev–Trinajstić information content (AvgIpc) is 2.06. The van der Waals surface area contributed by atoms with Crippen LogP contribution in [0.2, 0.25) is 10.0 Å². The van der Waals surface area contributed by atoms with Crippen molar-refractivity contribution in [1.29, 1.82) is 0 Å². The lowest BCUT2D eigenvalue weighted by atomic mass is 10.3. The van der Waals surface area contributed by atoms with Crippen molar-refractivity contribution >= 4 is 50.9 Å². The van der Waals surface area contributed by atoms with Gasteiger partial charge in [-0.3, -0.25) is 0 Å². The summed E-state index contributed by atoms with van der Waals surface area (Å²) in [5.74, 6) is 0. The molecular formula is C7H5BrCl2N2O. The average molecular weight is 284 g/mol. The monoisotopic (exact) mass is 282 g/mol. The third-order valence-electron chi connectivity index (χ3n) is 1.29. The predicted octanol–water partition coefficient (Wildman–Crippen LogP) is 3.25. The van der Waals surface area contributed by atoms with E-state index < -0.39 is 6.03 Å². The van der Waals surface area contributed by atoms with Crippen molar-refractivity contribution in [3.8, 4) is 0 Å². The molecule has 0 bridgehead atoms. The topological polar surface area (TPSA) is 55.1 Å². The van der Waals surface area contributed by atoms with Crippen LogP contribution >= 0.6 is 39.1 Å². The molecule has 3 N–H and O–H groups in total. The summed E-state index contributed by atoms with van der Waals surface area (Å²) in [6.45, 7) is 0. The highest BCUT2D eigenvalue weighted by molar-refractivity contribution is 9.10. The highest BCUT2D eigenvalue weighted by Gasteiger charge is 2.08. The number of hydrogen-bond acceptors (Lipinski definition) is 1. The molecular weight excluding hydrogens is 279 g/mol. The van der Waals surface area contributed by atoms with Crippen molar-refractivity contribution in [2.45, 2.75) is 0 Å². The number of urea groups is 1. The Bertz CT molecular complexity index is 357. The minimum atomic E-state index is -0.680. The first-order valence-corrected chi connectivity index (χ1v) is 4.77. The quantitative estimate of drug-likeness (QED) is 0.764. The van der Waals surface area contributed by atoms with Crippen molar-refractivity contribution in [2.24, 2.45) is 5.73 Å². The first kappa shape index (κ1) is 10.6. The smallest absolute Gasteiger partial charge is 0.316 e. The number of benzene rings is 1. The Morgan fingerprint density at radius 2 is 2.00 bits per heavy atom. The van der Waals surface area contributed by atoms with E-state index in [1.165, 1.54) is 0 Å². The summed E-state index contributed by atoms with van der Waals surface area (Å²) in [5.41, 5.74) is 5.31. The number of nitrogens with one attached hydrogen (secondary N) is 1. The Morgan fingerprint density at radius 1 is 1.38 bits per heavy atom. The number of carbonyl (C=O) groups is 1. The number of anilines is 1. The van der Waals surface area contributed by atoms with Gasteiger partial charge in [-0.2, -0.15) is 0 Å². The maximum atomic E-state index is 10.5. The zero-order valence-electron chi connectivity index (χ0n) is 6.27. The zero-order chi connectivity index (χ0) is 10.0. The van der Waals surface area contributed by atoms with E-state index >= 15 is 0 Å². The summed E-state index contributed by atoms with van der Waals surface area (Å²) in [4.78, 5) is 10.5. The molecule has 13 heavy (non-hydrogen) atoms. The molecule has 1 aromatic rings. The molecule has 0 aromatic heterocycles. The van der Waals surface area contributed by atoms with Crippen molar-refractivity contribution in [3.05, 3.63) is 26.7 Å². The summed E-state index contributed by atoms with van der Waals surface area (Å²) in [5, 5.41) is 2.94. The van der Waals surface area contributed by atoms with Gasteiger partial charge in [0.1, 0.15) is 0 Å². The molecule has 0 heterocycles. The molecule has 0 fully saturated rings. The van der Waals surface area contributed by atoms with Crippen LogP contribution in [0.15, 0.2) is 16.6 Å². The molecule has 6 heteroatoms. The molecule has 2 amide bonds. The maximum absolute atomic E-state index is 10.5. The number of hydrogen-bond donors (Lipinski definition) is 2. The van der Waals surface area contributed by atoms with Gasteiger partial charge >= 0.3 is 6.03 Å². The summed E-state index contributed by atoms with van der Waals surface area (Å²) in [6, 6.07) is 2.59. The Kier molecular flexibility index (Phi) is 3.41. The molecule has 1 rings (SSSR count). The van der Waals surface area contributed by atoms with E-state index in [1.54, 1.807) is 12.1 Å². The molecule has 0 aliphatic heterocycles. The Morgan fingerprint density at radius 3 is 2.54 bits per heavy atom. The van der Waals surface area contributed by atoms with E-state index in [0.717, 1.165) is 0 Å². The van der Waals surface area contributed by atoms with Crippen LogP contribution in [0.25, 0.3) is 0 Å². The number of amides is 2. The molecule has 0 aliphatic carbocycles. The fraction of sp³-hybridized carbons (Fsp3) is 0. The number of nitrogens with two attached hydrogens (primary N) is 1. The third kappa shape index (κ3) is 2.49. The summed E-state index contributed by atoms with van der Waals surface area (Å²) >= 11 is 14.8. The van der Waals surface area contributed by atoms with Crippen LogP contribution in [0.4, 0.5) is 10.5 Å². The first-order chi connectivity index (χ1) is 6.02. The van der Waals surface area contributed by atoms with Gasteiger partial charge in [-0.15, -0.1) is 0 Å². The lowest BCUT2D eigenvalue weighted by molar-refractivity contribution is 0.259. The van der Waals surface area contributed by atoms with Crippen LogP contribution in [0.5, 0.6) is 0 Å². The fourth-order valence-corrected chi connectivity index (χ4v) is 1.58. The predicted molar refractivity (Wildman–Crippen MR) is 57.4 cm³/mol. The first-order valence-electron chi connectivity index (χ1n) is 3.22. The summed E-state index contributed by atoms with van der Waals surface area (Å²) < 4.78 is 0.661. The van der Waals surface area contributed by atoms with E-state index in [9.17, 15) is 4.79 Å². The standard InChI is InChI=1S/C7H5BrCl2N2O/c8-3-1-2-4(12-7(11)13)6(10)5(3)9/h1-2H,(H3,11,12,13). The number of rotatable bonds is 1. The van der Waals surface area contributed by atoms with Gasteiger partial charge in [-0.25, -0.2) is 4.79 Å². The molecule has 0 saturated carbocycles. The van der Waals surface area contributed by atoms with E-state index in [-0.39, 0.29) is 5.02 Å². The molecule has 1 aromatic carbocycles. The van der Waals surface area contributed by atoms with Crippen LogP contribution in [0.3, 0.4) is 0 Å². The van der Waals surface area contributed by atoms with Gasteiger partial charge in [-0.05, 0) is 28.1 Å². The Balaban J connectivity index is 3.10. The molecule has 0 radical (unpaired) electrons. The van der Waals surface area contributed by atoms with Crippen LogP contribution < -0.4 is 11.1 Å². The lowest BCUT2D eigenvalue weighted by Crippen LogP contribution is -2.19. The van der Waals surface area contributed by atoms with Gasteiger partial charge in [-0.1, -0.05) is 23.2 Å². The van der Waals surface area contributed by atoms with Gasteiger partial charge in [0.2, 0.25) is 0 Å². The fourth-order valence-electron chi connectivity index (χ4n) is 0.755. The lowest BCUT2D eigenvalue weighted by Gasteiger charge is -2.06. The van der Waals surface area contributed by atoms with Gasteiger partial charge in [0.05, 0.1) is 15.7 Å². The van der Waals surface area contributed by atoms with Gasteiger partial charge in [0, 0.05) is 4.47 Å². The van der Waals surface area contributed by atoms with Gasteiger partial charge in [0.25, 0.3) is 0 Å². The largest absolute Gasteiger partial charge is 0.351 e. The number of carbonyl (C=O) groups excluding carboxylic acids is 1. The second kappa shape index (κ2) is 4.17. The number of primary amides is 1. The van der Waals surface area contributed by atoms with E-state index in [0.29, 0.717) is 15.2 Å². The van der Waals surface area contributed by atoms with Crippen molar-refractivity contribution < 1.29 is 4.79 Å². The minimum Gasteiger partial charge on any atom is -0.351 e. The summed E-state index contributed by atoms with van der Waals surface area (Å²) in [7, 11) is 0.